The first-order valence-electron chi connectivity index (χ1n) is 2.41. The fourth-order valence-corrected chi connectivity index (χ4v) is 1.06. The fourth-order valence-electron chi connectivity index (χ4n) is 0.354. The summed E-state index contributed by atoms with van der Waals surface area (Å²) in [5, 5.41) is 0. The normalized spacial score (nSPS) is 7.50. The molecule has 0 spiro atoms. The molecule has 0 aromatic carbocycles. The Bertz CT molecular complexity index is 15.0. The molecule has 0 N–H and O–H groups in total. The summed E-state index contributed by atoms with van der Waals surface area (Å²) in [5.41, 5.74) is 0. The van der Waals surface area contributed by atoms with E-state index in [1.165, 1.54) is 29.1 Å². The summed E-state index contributed by atoms with van der Waals surface area (Å²) in [6.07, 6.45) is 2.83. The van der Waals surface area contributed by atoms with Gasteiger partial charge in [0.2, 0.25) is 0 Å². The molecule has 0 bridgehead atoms. The first-order chi connectivity index (χ1) is 2.41. The zero-order valence-electron chi connectivity index (χ0n) is 4.12. The second-order valence-corrected chi connectivity index (χ2v) is 2.35. The van der Waals surface area contributed by atoms with Gasteiger partial charge < -0.3 is 0 Å². The minimum absolute atomic E-state index is 0. The van der Waals surface area contributed by atoms with Crippen molar-refractivity contribution in [1.29, 1.82) is 0 Å². The predicted octanol–water partition coefficient (Wildman–Crippen LogP) is -0.0783. The molecule has 0 fully saturated rings. The van der Waals surface area contributed by atoms with Gasteiger partial charge in [0.05, 0.1) is 0 Å². The molecule has 0 aliphatic carbocycles. The number of hydrogen-bond acceptors (Lipinski definition) is 0. The summed E-state index contributed by atoms with van der Waals surface area (Å²) in [4.78, 5) is 0. The van der Waals surface area contributed by atoms with Crippen molar-refractivity contribution in [3.8, 4) is 0 Å². The van der Waals surface area contributed by atoms with E-state index in [0.717, 1.165) is 0 Å². The van der Waals surface area contributed by atoms with Gasteiger partial charge in [-0.15, -0.1) is 0 Å². The van der Waals surface area contributed by atoms with Crippen molar-refractivity contribution in [3.05, 3.63) is 0 Å². The van der Waals surface area contributed by atoms with E-state index in [2.05, 4.69) is 6.92 Å². The molecule has 0 aliphatic rings. The molecule has 0 atom stereocenters. The maximum absolute atomic E-state index is 2.23. The minimum atomic E-state index is 0. The maximum atomic E-state index is 2.23. The van der Waals surface area contributed by atoms with Crippen LogP contribution in [0.4, 0.5) is 0 Å². The van der Waals surface area contributed by atoms with E-state index in [1.54, 1.807) is 0 Å². The molecule has 0 aromatic rings. The molecule has 0 rings (SSSR count). The first kappa shape index (κ1) is 9.94. The van der Waals surface area contributed by atoms with E-state index in [1.807, 2.05) is 0 Å². The molecule has 0 aromatic heterocycles. The average molecular weight is 96.2 g/mol. The Labute approximate surface area is 55.3 Å². The van der Waals surface area contributed by atoms with Crippen LogP contribution >= 0.6 is 0 Å². The van der Waals surface area contributed by atoms with Gasteiger partial charge in [-0.3, -0.25) is 0 Å². The van der Waals surface area contributed by atoms with Gasteiger partial charge in [-0.2, -0.15) is 0 Å². The van der Waals surface area contributed by atoms with Gasteiger partial charge in [0.1, 0.15) is 0 Å². The molecule has 0 saturated heterocycles. The van der Waals surface area contributed by atoms with Crippen LogP contribution in [0.15, 0.2) is 0 Å². The third-order valence-corrected chi connectivity index (χ3v) is 1.41. The van der Waals surface area contributed by atoms with Gasteiger partial charge in [0.25, 0.3) is 0 Å². The predicted molar refractivity (Wildman–Crippen MR) is 36.8 cm³/mol. The van der Waals surface area contributed by atoms with E-state index in [9.17, 15) is 0 Å². The Kier molecular flexibility index (Phi) is 15.3. The first-order valence-corrected chi connectivity index (χ1v) is 3.83. The third-order valence-electron chi connectivity index (χ3n) is 0.707. The number of rotatable bonds is 2. The van der Waals surface area contributed by atoms with E-state index < -0.39 is 0 Å². The summed E-state index contributed by atoms with van der Waals surface area (Å²) in [6, 6.07) is 1.48. The molecule has 34 valence electrons. The van der Waals surface area contributed by atoms with Crippen molar-refractivity contribution in [3.63, 3.8) is 0 Å². The van der Waals surface area contributed by atoms with Gasteiger partial charge in [-0.1, -0.05) is 25.8 Å². The van der Waals surface area contributed by atoms with Crippen LogP contribution in [0, 0.1) is 0 Å². The molecular weight excluding hydrogens is 83.1 g/mol. The summed E-state index contributed by atoms with van der Waals surface area (Å²) < 4.78 is 0. The van der Waals surface area contributed by atoms with Gasteiger partial charge in [0.15, 0.2) is 0 Å². The topological polar surface area (TPSA) is 0 Å². The van der Waals surface area contributed by atoms with Gasteiger partial charge in [-0.05, 0) is 0 Å². The van der Waals surface area contributed by atoms with Gasteiger partial charge >= 0.3 is 18.9 Å². The average Bonchev–Trinajstić information content (AvgIpc) is 1.41. The number of hydrogen-bond donors (Lipinski definition) is 0. The van der Waals surface area contributed by atoms with Crippen molar-refractivity contribution in [2.45, 2.75) is 25.8 Å². The SMILES string of the molecule is CCCC[SiH3].[LiH]. The van der Waals surface area contributed by atoms with Crippen LogP contribution in [0.2, 0.25) is 6.04 Å². The van der Waals surface area contributed by atoms with Crippen LogP contribution < -0.4 is 0 Å². The van der Waals surface area contributed by atoms with Crippen molar-refractivity contribution in [2.24, 2.45) is 0 Å². The molecule has 0 unspecified atom stereocenters. The van der Waals surface area contributed by atoms with E-state index in [0.29, 0.717) is 0 Å². The van der Waals surface area contributed by atoms with Crippen LogP contribution in [-0.2, 0) is 0 Å². The molecule has 0 saturated carbocycles. The van der Waals surface area contributed by atoms with E-state index >= 15 is 0 Å². The fraction of sp³-hybridized carbons (Fsp3) is 1.00. The standard InChI is InChI=1S/C4H12Si.Li.H/c1-2-3-4-5;;/h2-4H2,1,5H3;;. The van der Waals surface area contributed by atoms with Gasteiger partial charge in [-0.25, -0.2) is 0 Å². The van der Waals surface area contributed by atoms with Crippen LogP contribution in [0.1, 0.15) is 19.8 Å². The van der Waals surface area contributed by atoms with Crippen LogP contribution in [-0.4, -0.2) is 29.1 Å². The molecule has 6 heavy (non-hydrogen) atoms. The second-order valence-electron chi connectivity index (χ2n) is 1.35. The molecule has 0 radical (unpaired) electrons. The van der Waals surface area contributed by atoms with E-state index in [-0.39, 0.29) is 18.9 Å². The van der Waals surface area contributed by atoms with Crippen LogP contribution in [0.25, 0.3) is 0 Å². The zero-order valence-corrected chi connectivity index (χ0v) is 6.12. The summed E-state index contributed by atoms with van der Waals surface area (Å²) in [7, 11) is 1.40. The van der Waals surface area contributed by atoms with E-state index in [4.69, 9.17) is 0 Å². The van der Waals surface area contributed by atoms with Gasteiger partial charge in [0, 0.05) is 10.2 Å². The Morgan fingerprint density at radius 3 is 2.00 bits per heavy atom. The molecule has 0 heterocycles. The summed E-state index contributed by atoms with van der Waals surface area (Å²) in [5.74, 6) is 0. The summed E-state index contributed by atoms with van der Waals surface area (Å²) in [6.45, 7) is 2.23. The molecule has 2 heteroatoms. The Morgan fingerprint density at radius 1 is 1.50 bits per heavy atom. The van der Waals surface area contributed by atoms with Crippen molar-refractivity contribution in [2.75, 3.05) is 0 Å². The zero-order chi connectivity index (χ0) is 4.12. The Morgan fingerprint density at radius 2 is 2.00 bits per heavy atom. The van der Waals surface area contributed by atoms with Crippen molar-refractivity contribution < 1.29 is 0 Å². The van der Waals surface area contributed by atoms with Crippen LogP contribution in [0.5, 0.6) is 0 Å². The molecular formula is C4H13LiSi. The van der Waals surface area contributed by atoms with Crippen molar-refractivity contribution >= 4 is 29.1 Å². The van der Waals surface area contributed by atoms with Crippen molar-refractivity contribution in [1.82, 2.24) is 0 Å². The molecule has 0 nitrogen and oxygen atoms in total. The quantitative estimate of drug-likeness (QED) is 0.422. The summed E-state index contributed by atoms with van der Waals surface area (Å²) >= 11 is 0. The third kappa shape index (κ3) is 8.84. The number of unbranched alkanes of at least 4 members (excludes halogenated alkanes) is 1. The Balaban J connectivity index is 0. The monoisotopic (exact) mass is 96.1 g/mol. The molecule has 0 amide bonds. The Hall–Kier alpha value is 0.814. The second kappa shape index (κ2) is 9.26. The van der Waals surface area contributed by atoms with Crippen LogP contribution in [0.3, 0.4) is 0 Å². The molecule has 0 aliphatic heterocycles.